The molecule has 4 fully saturated rings. The first-order chi connectivity index (χ1) is 16.1. The van der Waals surface area contributed by atoms with E-state index < -0.39 is 0 Å². The smallest absolute Gasteiger partial charge is 0.333 e. The highest BCUT2D eigenvalue weighted by Gasteiger charge is 2.79. The van der Waals surface area contributed by atoms with Crippen molar-refractivity contribution in [3.63, 3.8) is 0 Å². The third-order valence-electron chi connectivity index (χ3n) is 12.3. The van der Waals surface area contributed by atoms with Crippen LogP contribution in [0.15, 0.2) is 24.3 Å². The minimum absolute atomic E-state index is 0.00726. The quantitative estimate of drug-likeness (QED) is 0.324. The van der Waals surface area contributed by atoms with E-state index in [-0.39, 0.29) is 28.9 Å². The molecule has 0 aromatic carbocycles. The molecule has 0 bridgehead atoms. The van der Waals surface area contributed by atoms with Crippen molar-refractivity contribution >= 4 is 11.9 Å². The third kappa shape index (κ3) is 3.02. The van der Waals surface area contributed by atoms with Crippen LogP contribution in [0.25, 0.3) is 0 Å². The minimum atomic E-state index is -0.132. The Labute approximate surface area is 205 Å². The van der Waals surface area contributed by atoms with Crippen LogP contribution in [0.5, 0.6) is 0 Å². The van der Waals surface area contributed by atoms with Crippen LogP contribution in [0.1, 0.15) is 91.9 Å². The van der Waals surface area contributed by atoms with Crippen molar-refractivity contribution < 1.29 is 19.1 Å². The zero-order valence-corrected chi connectivity index (χ0v) is 22.0. The van der Waals surface area contributed by atoms with Gasteiger partial charge in [0, 0.05) is 18.4 Å². The summed E-state index contributed by atoms with van der Waals surface area (Å²) in [6.07, 6.45) is 15.4. The molecule has 0 aromatic heterocycles. The number of allylic oxidation sites excluding steroid dienone is 1. The van der Waals surface area contributed by atoms with Crippen molar-refractivity contribution in [1.82, 2.24) is 0 Å². The molecule has 0 saturated heterocycles. The lowest BCUT2D eigenvalue weighted by Gasteiger charge is -2.61. The summed E-state index contributed by atoms with van der Waals surface area (Å²) in [5.41, 5.74) is 1.92. The maximum Gasteiger partial charge on any atom is 0.333 e. The van der Waals surface area contributed by atoms with Crippen LogP contribution in [0.2, 0.25) is 0 Å². The maximum absolute atomic E-state index is 12.3. The predicted octanol–water partition coefficient (Wildman–Crippen LogP) is 6.64. The summed E-state index contributed by atoms with van der Waals surface area (Å²) in [6, 6.07) is 0. The molecule has 1 aliphatic heterocycles. The molecule has 9 atom stereocenters. The van der Waals surface area contributed by atoms with Gasteiger partial charge >= 0.3 is 11.9 Å². The van der Waals surface area contributed by atoms with Crippen molar-refractivity contribution in [2.45, 2.75) is 98.0 Å². The van der Waals surface area contributed by atoms with Gasteiger partial charge in [0.1, 0.15) is 6.10 Å². The largest absolute Gasteiger partial charge is 0.469 e. The topological polar surface area (TPSA) is 52.6 Å². The first-order valence-electron chi connectivity index (χ1n) is 13.7. The van der Waals surface area contributed by atoms with E-state index in [2.05, 4.69) is 39.5 Å². The van der Waals surface area contributed by atoms with Crippen LogP contribution >= 0.6 is 0 Å². The highest BCUT2D eigenvalue weighted by atomic mass is 16.5. The van der Waals surface area contributed by atoms with E-state index in [1.165, 1.54) is 52.1 Å². The number of carbonyl (C=O) groups is 2. The molecule has 4 heteroatoms. The molecule has 0 radical (unpaired) electrons. The zero-order chi connectivity index (χ0) is 24.5. The van der Waals surface area contributed by atoms with Crippen molar-refractivity contribution in [3.05, 3.63) is 24.3 Å². The molecule has 5 aliphatic rings. The first kappa shape index (κ1) is 24.1. The van der Waals surface area contributed by atoms with Crippen molar-refractivity contribution in [1.29, 1.82) is 0 Å². The van der Waals surface area contributed by atoms with Crippen molar-refractivity contribution in [2.75, 3.05) is 7.11 Å². The first-order valence-corrected chi connectivity index (χ1v) is 13.7. The van der Waals surface area contributed by atoms with E-state index in [1.54, 1.807) is 0 Å². The fourth-order valence-corrected chi connectivity index (χ4v) is 10.2. The maximum atomic E-state index is 12.3. The summed E-state index contributed by atoms with van der Waals surface area (Å²) in [6.45, 7) is 13.6. The molecule has 4 aliphatic carbocycles. The van der Waals surface area contributed by atoms with Gasteiger partial charge < -0.3 is 9.47 Å². The second kappa shape index (κ2) is 7.96. The monoisotopic (exact) mass is 468 g/mol. The molecule has 188 valence electrons. The number of fused-ring (bicyclic) bond motifs is 2. The Balaban J connectivity index is 1.41. The van der Waals surface area contributed by atoms with Gasteiger partial charge in [-0.2, -0.15) is 0 Å². The van der Waals surface area contributed by atoms with Crippen LogP contribution < -0.4 is 0 Å². The van der Waals surface area contributed by atoms with Gasteiger partial charge in [-0.15, -0.1) is 6.58 Å². The van der Waals surface area contributed by atoms with Crippen LogP contribution in [0.4, 0.5) is 0 Å². The Hall–Kier alpha value is -1.58. The Morgan fingerprint density at radius 3 is 2.68 bits per heavy atom. The van der Waals surface area contributed by atoms with Crippen molar-refractivity contribution in [3.8, 4) is 0 Å². The van der Waals surface area contributed by atoms with Gasteiger partial charge in [-0.05, 0) is 104 Å². The van der Waals surface area contributed by atoms with Gasteiger partial charge in [0.25, 0.3) is 0 Å². The molecule has 1 spiro atoms. The Kier molecular flexibility index (Phi) is 5.65. The number of cyclic esters (lactones) is 1. The van der Waals surface area contributed by atoms with E-state index in [0.717, 1.165) is 18.4 Å². The van der Waals surface area contributed by atoms with Gasteiger partial charge in [0.2, 0.25) is 0 Å². The fourth-order valence-electron chi connectivity index (χ4n) is 10.2. The summed E-state index contributed by atoms with van der Waals surface area (Å²) in [5.74, 6) is 1.99. The van der Waals surface area contributed by atoms with Crippen LogP contribution in [-0.4, -0.2) is 25.2 Å². The van der Waals surface area contributed by atoms with Crippen molar-refractivity contribution in [2.24, 2.45) is 45.3 Å². The molecule has 4 saturated carbocycles. The number of methoxy groups -OCH3 is 1. The molecule has 1 heterocycles. The highest BCUT2D eigenvalue weighted by molar-refractivity contribution is 5.88. The molecular formula is C30H44O4. The van der Waals surface area contributed by atoms with E-state index in [9.17, 15) is 9.59 Å². The van der Waals surface area contributed by atoms with E-state index >= 15 is 0 Å². The molecule has 0 aromatic rings. The lowest BCUT2D eigenvalue weighted by Crippen LogP contribution is -2.54. The van der Waals surface area contributed by atoms with Gasteiger partial charge in [-0.1, -0.05) is 32.9 Å². The standard InChI is InChI=1S/C30H44O4/c1-7-21-9-11-24-28(5)14-12-22(20(3)23-10-8-19(2)26(32)34-23)27(28,4)16-17-30(24)18-29(21,30)15-13-25(31)33-6/h7-8,20-24H,1,9-18H2,2-6H3/t20-,21?,22+,23+,24-,27+,28-,29+,30-/m0/s1. The second-order valence-corrected chi connectivity index (χ2v) is 12.9. The second-order valence-electron chi connectivity index (χ2n) is 12.9. The lowest BCUT2D eigenvalue weighted by atomic mass is 9.44. The number of esters is 2. The Morgan fingerprint density at radius 1 is 1.24 bits per heavy atom. The molecule has 5 rings (SSSR count). The lowest BCUT2D eigenvalue weighted by molar-refractivity contribution is -0.155. The molecular weight excluding hydrogens is 424 g/mol. The van der Waals surface area contributed by atoms with Gasteiger partial charge in [-0.3, -0.25) is 4.79 Å². The van der Waals surface area contributed by atoms with E-state index in [4.69, 9.17) is 9.47 Å². The number of hydrogen-bond acceptors (Lipinski definition) is 4. The number of hydrogen-bond donors (Lipinski definition) is 0. The van der Waals surface area contributed by atoms with Crippen LogP contribution in [-0.2, 0) is 19.1 Å². The summed E-state index contributed by atoms with van der Waals surface area (Å²) in [4.78, 5) is 24.4. The summed E-state index contributed by atoms with van der Waals surface area (Å²) in [7, 11) is 1.50. The number of ether oxygens (including phenoxy) is 2. The molecule has 4 nitrogen and oxygen atoms in total. The Morgan fingerprint density at radius 2 is 2.00 bits per heavy atom. The predicted molar refractivity (Wildman–Crippen MR) is 133 cm³/mol. The SMILES string of the molecule is C=CC1CC[C@@H]2[C@]3(CC[C@]4(C)[C@@H]([C@H](C)[C@H]5CC=C(C)C(=O)O5)CC[C@@]24C)C[C@]13CCC(=O)OC. The van der Waals surface area contributed by atoms with Gasteiger partial charge in [0.05, 0.1) is 7.11 Å². The van der Waals surface area contributed by atoms with Gasteiger partial charge in [0.15, 0.2) is 0 Å². The van der Waals surface area contributed by atoms with E-state index in [1.807, 2.05) is 6.92 Å². The Bertz CT molecular complexity index is 921. The normalized spacial score (nSPS) is 47.9. The number of rotatable bonds is 6. The fraction of sp³-hybridized carbons (Fsp3) is 0.800. The van der Waals surface area contributed by atoms with Crippen LogP contribution in [0.3, 0.4) is 0 Å². The van der Waals surface area contributed by atoms with E-state index in [0.29, 0.717) is 40.9 Å². The molecule has 0 amide bonds. The third-order valence-corrected chi connectivity index (χ3v) is 12.3. The average Bonchev–Trinajstić information content (AvgIpc) is 3.42. The van der Waals surface area contributed by atoms with Crippen LogP contribution in [0, 0.1) is 45.3 Å². The summed E-state index contributed by atoms with van der Waals surface area (Å²) in [5, 5.41) is 0. The number of carbonyl (C=O) groups excluding carboxylic acids is 2. The average molecular weight is 469 g/mol. The molecule has 34 heavy (non-hydrogen) atoms. The zero-order valence-electron chi connectivity index (χ0n) is 22.0. The summed E-state index contributed by atoms with van der Waals surface area (Å²) < 4.78 is 10.9. The minimum Gasteiger partial charge on any atom is -0.469 e. The van der Waals surface area contributed by atoms with Gasteiger partial charge in [-0.25, -0.2) is 4.79 Å². The molecule has 0 N–H and O–H groups in total. The molecule has 1 unspecified atom stereocenters. The highest BCUT2D eigenvalue weighted by Crippen LogP contribution is 2.87. The summed E-state index contributed by atoms with van der Waals surface area (Å²) >= 11 is 0.